The van der Waals surface area contributed by atoms with Crippen LogP contribution in [-0.4, -0.2) is 0 Å². The monoisotopic (exact) mass is 299 g/mol. The number of hydrogen-bond acceptors (Lipinski definition) is 3. The van der Waals surface area contributed by atoms with E-state index in [1.807, 2.05) is 17.4 Å². The van der Waals surface area contributed by atoms with Crippen LogP contribution in [0.15, 0.2) is 24.3 Å². The first-order valence-corrected chi connectivity index (χ1v) is 8.21. The van der Waals surface area contributed by atoms with Crippen molar-refractivity contribution in [2.75, 3.05) is 0 Å². The van der Waals surface area contributed by atoms with Gasteiger partial charge in [0.25, 0.3) is 0 Å². The lowest BCUT2D eigenvalue weighted by Gasteiger charge is -2.18. The number of hydrogen-bond donors (Lipinski definition) is 1. The van der Waals surface area contributed by atoms with E-state index >= 15 is 0 Å². The minimum atomic E-state index is 0.338. The lowest BCUT2D eigenvalue weighted by molar-refractivity contribution is 0.506. The summed E-state index contributed by atoms with van der Waals surface area (Å²) >= 11 is 9.52. The van der Waals surface area contributed by atoms with Crippen molar-refractivity contribution in [3.63, 3.8) is 0 Å². The fourth-order valence-electron chi connectivity index (χ4n) is 1.92. The topological polar surface area (TPSA) is 12.0 Å². The first kappa shape index (κ1) is 14.1. The molecule has 1 nitrogen and oxygen atoms in total. The van der Waals surface area contributed by atoms with Crippen LogP contribution in [-0.2, 0) is 6.42 Å². The van der Waals surface area contributed by atoms with E-state index in [9.17, 15) is 0 Å². The summed E-state index contributed by atoms with van der Waals surface area (Å²) in [6.07, 6.45) is 1.12. The van der Waals surface area contributed by atoms with E-state index in [0.29, 0.717) is 12.1 Å². The third-order valence-electron chi connectivity index (χ3n) is 2.98. The molecular formula is C14H18ClNS2. The Balaban J connectivity index is 2.00. The number of rotatable bonds is 5. The zero-order valence-corrected chi connectivity index (χ0v) is 13.3. The van der Waals surface area contributed by atoms with Crippen LogP contribution in [0.2, 0.25) is 4.34 Å². The Labute approximate surface area is 122 Å². The van der Waals surface area contributed by atoms with E-state index in [4.69, 9.17) is 11.6 Å². The highest BCUT2D eigenvalue weighted by Crippen LogP contribution is 2.30. The standard InChI is InChI=1S/C14H18ClNS2/c1-4-11-5-6-12(17-11)9(2)16-10(3)13-7-8-14(15)18-13/h5-10,16H,4H2,1-3H3. The van der Waals surface area contributed by atoms with Gasteiger partial charge >= 0.3 is 0 Å². The SMILES string of the molecule is CCc1ccc(C(C)NC(C)c2ccc(Cl)s2)s1. The van der Waals surface area contributed by atoms with Gasteiger partial charge in [-0.2, -0.15) is 0 Å². The lowest BCUT2D eigenvalue weighted by Crippen LogP contribution is -2.20. The molecule has 2 aromatic rings. The highest BCUT2D eigenvalue weighted by Gasteiger charge is 2.14. The Morgan fingerprint density at radius 1 is 1.06 bits per heavy atom. The summed E-state index contributed by atoms with van der Waals surface area (Å²) in [5.74, 6) is 0. The van der Waals surface area contributed by atoms with E-state index < -0.39 is 0 Å². The minimum absolute atomic E-state index is 0.338. The summed E-state index contributed by atoms with van der Waals surface area (Å²) < 4.78 is 0.857. The molecule has 0 aliphatic heterocycles. The molecule has 0 fully saturated rings. The predicted octanol–water partition coefficient (Wildman–Crippen LogP) is 5.44. The Morgan fingerprint density at radius 2 is 1.67 bits per heavy atom. The molecule has 4 heteroatoms. The van der Waals surface area contributed by atoms with E-state index in [-0.39, 0.29) is 0 Å². The second-order valence-electron chi connectivity index (χ2n) is 4.41. The maximum absolute atomic E-state index is 5.97. The van der Waals surface area contributed by atoms with E-state index in [1.54, 1.807) is 11.3 Å². The van der Waals surface area contributed by atoms with Crippen molar-refractivity contribution < 1.29 is 0 Å². The maximum atomic E-state index is 5.97. The number of nitrogens with one attached hydrogen (secondary N) is 1. The van der Waals surface area contributed by atoms with Gasteiger partial charge in [0.15, 0.2) is 0 Å². The number of thiophene rings is 2. The van der Waals surface area contributed by atoms with Crippen LogP contribution < -0.4 is 5.32 Å². The van der Waals surface area contributed by atoms with Crippen LogP contribution in [0.4, 0.5) is 0 Å². The molecule has 2 unspecified atom stereocenters. The van der Waals surface area contributed by atoms with Crippen LogP contribution in [0.25, 0.3) is 0 Å². The number of halogens is 1. The Morgan fingerprint density at radius 3 is 2.17 bits per heavy atom. The average molecular weight is 300 g/mol. The van der Waals surface area contributed by atoms with Gasteiger partial charge in [0, 0.05) is 26.7 Å². The largest absolute Gasteiger partial charge is 0.302 e. The maximum Gasteiger partial charge on any atom is 0.0931 e. The van der Waals surface area contributed by atoms with Crippen LogP contribution in [0.1, 0.15) is 47.5 Å². The summed E-state index contributed by atoms with van der Waals surface area (Å²) in [7, 11) is 0. The van der Waals surface area contributed by atoms with E-state index in [2.05, 4.69) is 44.3 Å². The van der Waals surface area contributed by atoms with Crippen molar-refractivity contribution in [2.45, 2.75) is 39.3 Å². The van der Waals surface area contributed by atoms with Crippen LogP contribution in [0, 0.1) is 0 Å². The number of aryl methyl sites for hydroxylation is 1. The van der Waals surface area contributed by atoms with Crippen LogP contribution >= 0.6 is 34.3 Å². The van der Waals surface area contributed by atoms with Gasteiger partial charge in [-0.1, -0.05) is 18.5 Å². The van der Waals surface area contributed by atoms with Gasteiger partial charge in [0.05, 0.1) is 4.34 Å². The Bertz CT molecular complexity index is 503. The summed E-state index contributed by atoms with van der Waals surface area (Å²) in [6, 6.07) is 9.24. The minimum Gasteiger partial charge on any atom is -0.302 e. The lowest BCUT2D eigenvalue weighted by atomic mass is 10.2. The van der Waals surface area contributed by atoms with Crippen molar-refractivity contribution >= 4 is 34.3 Å². The summed E-state index contributed by atoms with van der Waals surface area (Å²) in [6.45, 7) is 6.61. The molecule has 0 aliphatic carbocycles. The third kappa shape index (κ3) is 3.35. The molecule has 2 heterocycles. The highest BCUT2D eigenvalue weighted by atomic mass is 35.5. The molecule has 1 N–H and O–H groups in total. The molecule has 0 radical (unpaired) electrons. The van der Waals surface area contributed by atoms with Crippen molar-refractivity contribution in [2.24, 2.45) is 0 Å². The van der Waals surface area contributed by atoms with Crippen LogP contribution in [0.5, 0.6) is 0 Å². The molecular weight excluding hydrogens is 282 g/mol. The zero-order chi connectivity index (χ0) is 13.1. The van der Waals surface area contributed by atoms with Gasteiger partial charge in [-0.3, -0.25) is 0 Å². The van der Waals surface area contributed by atoms with Crippen molar-refractivity contribution in [3.05, 3.63) is 43.2 Å². The highest BCUT2D eigenvalue weighted by molar-refractivity contribution is 7.16. The molecule has 0 saturated heterocycles. The first-order chi connectivity index (χ1) is 8.60. The molecule has 0 amide bonds. The molecule has 0 aliphatic rings. The van der Waals surface area contributed by atoms with Gasteiger partial charge in [0.1, 0.15) is 0 Å². The smallest absolute Gasteiger partial charge is 0.0931 e. The molecule has 2 aromatic heterocycles. The van der Waals surface area contributed by atoms with Crippen molar-refractivity contribution in [1.82, 2.24) is 5.32 Å². The normalized spacial score (nSPS) is 14.7. The van der Waals surface area contributed by atoms with Gasteiger partial charge in [-0.25, -0.2) is 0 Å². The Kier molecular flexibility index (Phi) is 4.84. The summed E-state index contributed by atoms with van der Waals surface area (Å²) in [5.41, 5.74) is 0. The van der Waals surface area contributed by atoms with E-state index in [0.717, 1.165) is 10.8 Å². The molecule has 0 saturated carbocycles. The first-order valence-electron chi connectivity index (χ1n) is 6.20. The quantitative estimate of drug-likeness (QED) is 0.775. The Hall–Kier alpha value is -0.350. The molecule has 98 valence electrons. The third-order valence-corrected chi connectivity index (χ3v) is 5.80. The van der Waals surface area contributed by atoms with Gasteiger partial charge in [0.2, 0.25) is 0 Å². The van der Waals surface area contributed by atoms with Gasteiger partial charge in [-0.05, 0) is 44.5 Å². The molecule has 2 atom stereocenters. The van der Waals surface area contributed by atoms with E-state index in [1.165, 1.54) is 14.6 Å². The second kappa shape index (κ2) is 6.20. The van der Waals surface area contributed by atoms with Crippen molar-refractivity contribution in [3.8, 4) is 0 Å². The molecule has 2 rings (SSSR count). The predicted molar refractivity (Wildman–Crippen MR) is 83.0 cm³/mol. The fraction of sp³-hybridized carbons (Fsp3) is 0.429. The summed E-state index contributed by atoms with van der Waals surface area (Å²) in [4.78, 5) is 4.14. The summed E-state index contributed by atoms with van der Waals surface area (Å²) in [5, 5.41) is 3.63. The molecule has 0 spiro atoms. The van der Waals surface area contributed by atoms with Gasteiger partial charge < -0.3 is 5.32 Å². The second-order valence-corrected chi connectivity index (χ2v) is 7.36. The van der Waals surface area contributed by atoms with Gasteiger partial charge in [-0.15, -0.1) is 22.7 Å². The molecule has 0 aromatic carbocycles. The fourth-order valence-corrected chi connectivity index (χ4v) is 3.95. The molecule has 18 heavy (non-hydrogen) atoms. The van der Waals surface area contributed by atoms with Crippen molar-refractivity contribution in [1.29, 1.82) is 0 Å². The molecule has 0 bridgehead atoms. The zero-order valence-electron chi connectivity index (χ0n) is 10.9. The van der Waals surface area contributed by atoms with Crippen LogP contribution in [0.3, 0.4) is 0 Å². The average Bonchev–Trinajstić information content (AvgIpc) is 2.97.